The predicted octanol–water partition coefficient (Wildman–Crippen LogP) is 1.45. The standard InChI is InChI=1S/C15H24N2O4S/c1-11-6-7-17(12(8-11)10-16)22(18,19)15-9-13(20-2)4-5-14(15)21-3/h4-5,9,11-12H,6-8,10,16H2,1-3H3. The van der Waals surface area contributed by atoms with Crippen LogP contribution in [0.3, 0.4) is 0 Å². The molecule has 124 valence electrons. The zero-order chi connectivity index (χ0) is 16.3. The summed E-state index contributed by atoms with van der Waals surface area (Å²) in [6, 6.07) is 4.61. The maximum atomic E-state index is 13.0. The number of hydrogen-bond donors (Lipinski definition) is 1. The minimum absolute atomic E-state index is 0.127. The van der Waals surface area contributed by atoms with Gasteiger partial charge in [0, 0.05) is 25.2 Å². The number of hydrogen-bond acceptors (Lipinski definition) is 5. The molecule has 1 aliphatic rings. The third kappa shape index (κ3) is 3.21. The normalized spacial score (nSPS) is 23.3. The average Bonchev–Trinajstić information content (AvgIpc) is 2.53. The third-order valence-electron chi connectivity index (χ3n) is 4.15. The van der Waals surface area contributed by atoms with Crippen molar-refractivity contribution >= 4 is 10.0 Å². The Hall–Kier alpha value is -1.31. The van der Waals surface area contributed by atoms with E-state index in [0.29, 0.717) is 30.5 Å². The van der Waals surface area contributed by atoms with E-state index in [9.17, 15) is 8.42 Å². The average molecular weight is 328 g/mol. The van der Waals surface area contributed by atoms with Gasteiger partial charge in [-0.25, -0.2) is 8.42 Å². The van der Waals surface area contributed by atoms with Crippen LogP contribution < -0.4 is 15.2 Å². The van der Waals surface area contributed by atoms with Gasteiger partial charge in [0.25, 0.3) is 0 Å². The van der Waals surface area contributed by atoms with E-state index in [-0.39, 0.29) is 10.9 Å². The Morgan fingerprint density at radius 1 is 1.32 bits per heavy atom. The fraction of sp³-hybridized carbons (Fsp3) is 0.600. The fourth-order valence-corrected chi connectivity index (χ4v) is 4.71. The molecule has 0 amide bonds. The number of nitrogens with zero attached hydrogens (tertiary/aromatic N) is 1. The highest BCUT2D eigenvalue weighted by molar-refractivity contribution is 7.89. The van der Waals surface area contributed by atoms with Gasteiger partial charge in [0.2, 0.25) is 10.0 Å². The molecular weight excluding hydrogens is 304 g/mol. The van der Waals surface area contributed by atoms with Crippen molar-refractivity contribution in [3.63, 3.8) is 0 Å². The number of nitrogens with two attached hydrogens (primary N) is 1. The molecule has 1 fully saturated rings. The van der Waals surface area contributed by atoms with Gasteiger partial charge in [-0.15, -0.1) is 0 Å². The van der Waals surface area contributed by atoms with E-state index < -0.39 is 10.0 Å². The zero-order valence-corrected chi connectivity index (χ0v) is 14.1. The fourth-order valence-electron chi connectivity index (χ4n) is 2.87. The largest absolute Gasteiger partial charge is 0.497 e. The monoisotopic (exact) mass is 328 g/mol. The van der Waals surface area contributed by atoms with Crippen molar-refractivity contribution in [3.8, 4) is 11.5 Å². The second kappa shape index (κ2) is 6.85. The lowest BCUT2D eigenvalue weighted by Crippen LogP contribution is -2.49. The van der Waals surface area contributed by atoms with E-state index in [2.05, 4.69) is 6.92 Å². The second-order valence-electron chi connectivity index (χ2n) is 5.65. The smallest absolute Gasteiger partial charge is 0.247 e. The number of piperidine rings is 1. The van der Waals surface area contributed by atoms with Gasteiger partial charge in [-0.3, -0.25) is 0 Å². The van der Waals surface area contributed by atoms with Gasteiger partial charge in [0.05, 0.1) is 14.2 Å². The minimum atomic E-state index is -3.67. The van der Waals surface area contributed by atoms with Gasteiger partial charge in [-0.1, -0.05) is 6.92 Å². The summed E-state index contributed by atoms with van der Waals surface area (Å²) in [7, 11) is -0.712. The molecule has 0 aliphatic carbocycles. The van der Waals surface area contributed by atoms with Gasteiger partial charge >= 0.3 is 0 Å². The van der Waals surface area contributed by atoms with E-state index in [1.807, 2.05) is 0 Å². The lowest BCUT2D eigenvalue weighted by molar-refractivity contribution is 0.210. The summed E-state index contributed by atoms with van der Waals surface area (Å²) >= 11 is 0. The van der Waals surface area contributed by atoms with Crippen LogP contribution in [0, 0.1) is 5.92 Å². The molecule has 7 heteroatoms. The first-order valence-electron chi connectivity index (χ1n) is 7.38. The van der Waals surface area contributed by atoms with Crippen LogP contribution >= 0.6 is 0 Å². The molecule has 0 aromatic heterocycles. The Bertz CT molecular complexity index is 618. The van der Waals surface area contributed by atoms with E-state index in [1.165, 1.54) is 24.6 Å². The molecule has 2 unspecified atom stereocenters. The Morgan fingerprint density at radius 3 is 2.64 bits per heavy atom. The molecule has 0 radical (unpaired) electrons. The van der Waals surface area contributed by atoms with Crippen molar-refractivity contribution in [3.05, 3.63) is 18.2 Å². The first-order chi connectivity index (χ1) is 10.4. The predicted molar refractivity (Wildman–Crippen MR) is 84.7 cm³/mol. The summed E-state index contributed by atoms with van der Waals surface area (Å²) in [6.45, 7) is 2.92. The molecule has 22 heavy (non-hydrogen) atoms. The van der Waals surface area contributed by atoms with Crippen molar-refractivity contribution in [1.82, 2.24) is 4.31 Å². The molecule has 2 atom stereocenters. The van der Waals surface area contributed by atoms with Crippen LogP contribution in [0.25, 0.3) is 0 Å². The summed E-state index contributed by atoms with van der Waals surface area (Å²) in [5.74, 6) is 1.27. The van der Waals surface area contributed by atoms with Crippen LogP contribution in [0.2, 0.25) is 0 Å². The molecule has 0 saturated carbocycles. The summed E-state index contributed by atoms with van der Waals surface area (Å²) in [6.07, 6.45) is 1.62. The molecule has 1 aliphatic heterocycles. The van der Waals surface area contributed by atoms with Crippen LogP contribution in [0.1, 0.15) is 19.8 Å². The second-order valence-corrected chi connectivity index (χ2v) is 7.51. The highest BCUT2D eigenvalue weighted by Gasteiger charge is 2.36. The molecule has 1 aromatic carbocycles. The number of methoxy groups -OCH3 is 2. The Labute approximate surface area is 132 Å². The Morgan fingerprint density at radius 2 is 2.05 bits per heavy atom. The van der Waals surface area contributed by atoms with Crippen LogP contribution in [0.5, 0.6) is 11.5 Å². The Balaban J connectivity index is 2.45. The molecule has 1 saturated heterocycles. The van der Waals surface area contributed by atoms with Crippen LogP contribution in [0.4, 0.5) is 0 Å². The summed E-state index contributed by atoms with van der Waals surface area (Å²) < 4.78 is 38.0. The first-order valence-corrected chi connectivity index (χ1v) is 8.82. The van der Waals surface area contributed by atoms with E-state index in [1.54, 1.807) is 12.1 Å². The highest BCUT2D eigenvalue weighted by atomic mass is 32.2. The van der Waals surface area contributed by atoms with Crippen molar-refractivity contribution in [2.45, 2.75) is 30.7 Å². The maximum absolute atomic E-state index is 13.0. The number of benzene rings is 1. The van der Waals surface area contributed by atoms with Gasteiger partial charge in [0.15, 0.2) is 0 Å². The van der Waals surface area contributed by atoms with Gasteiger partial charge < -0.3 is 15.2 Å². The maximum Gasteiger partial charge on any atom is 0.247 e. The molecule has 2 N–H and O–H groups in total. The van der Waals surface area contributed by atoms with Crippen molar-refractivity contribution in [2.24, 2.45) is 11.7 Å². The summed E-state index contributed by atoms with van der Waals surface area (Å²) in [5, 5.41) is 0. The quantitative estimate of drug-likeness (QED) is 0.885. The van der Waals surface area contributed by atoms with Gasteiger partial charge in [-0.2, -0.15) is 4.31 Å². The SMILES string of the molecule is COc1ccc(OC)c(S(=O)(=O)N2CCC(C)CC2CN)c1. The van der Waals surface area contributed by atoms with Crippen molar-refractivity contribution in [2.75, 3.05) is 27.3 Å². The van der Waals surface area contributed by atoms with Crippen LogP contribution in [-0.4, -0.2) is 46.1 Å². The number of sulfonamides is 1. The molecule has 1 aromatic rings. The topological polar surface area (TPSA) is 81.9 Å². The first kappa shape index (κ1) is 17.1. The summed E-state index contributed by atoms with van der Waals surface area (Å²) in [5.41, 5.74) is 5.80. The number of rotatable bonds is 5. The van der Waals surface area contributed by atoms with Crippen molar-refractivity contribution in [1.29, 1.82) is 0 Å². The minimum Gasteiger partial charge on any atom is -0.497 e. The van der Waals surface area contributed by atoms with Crippen LogP contribution in [-0.2, 0) is 10.0 Å². The van der Waals surface area contributed by atoms with E-state index in [0.717, 1.165) is 12.8 Å². The molecule has 0 spiro atoms. The Kier molecular flexibility index (Phi) is 5.31. The molecular formula is C15H24N2O4S. The van der Waals surface area contributed by atoms with Crippen LogP contribution in [0.15, 0.2) is 23.1 Å². The lowest BCUT2D eigenvalue weighted by Gasteiger charge is -2.37. The van der Waals surface area contributed by atoms with E-state index >= 15 is 0 Å². The summed E-state index contributed by atoms with van der Waals surface area (Å²) in [4.78, 5) is 0.127. The van der Waals surface area contributed by atoms with Gasteiger partial charge in [0.1, 0.15) is 16.4 Å². The molecule has 0 bridgehead atoms. The van der Waals surface area contributed by atoms with Crippen molar-refractivity contribution < 1.29 is 17.9 Å². The van der Waals surface area contributed by atoms with E-state index in [4.69, 9.17) is 15.2 Å². The molecule has 1 heterocycles. The highest BCUT2D eigenvalue weighted by Crippen LogP contribution is 2.34. The van der Waals surface area contributed by atoms with Gasteiger partial charge in [-0.05, 0) is 30.9 Å². The molecule has 2 rings (SSSR count). The zero-order valence-electron chi connectivity index (χ0n) is 13.3. The lowest BCUT2D eigenvalue weighted by atomic mass is 9.94. The molecule has 6 nitrogen and oxygen atoms in total. The third-order valence-corrected chi connectivity index (χ3v) is 6.13. The number of ether oxygens (including phenoxy) is 2.